The number of pyridine rings is 1. The molecule has 1 saturated carbocycles. The Morgan fingerprint density at radius 1 is 1.17 bits per heavy atom. The third-order valence-corrected chi connectivity index (χ3v) is 3.95. The fourth-order valence-electron chi connectivity index (χ4n) is 2.41. The molecule has 1 aliphatic rings. The molecule has 0 spiro atoms. The Morgan fingerprint density at radius 2 is 2.00 bits per heavy atom. The maximum absolute atomic E-state index is 12.5. The van der Waals surface area contributed by atoms with Crippen LogP contribution in [0.1, 0.15) is 24.0 Å². The van der Waals surface area contributed by atoms with Crippen LogP contribution >= 0.6 is 0 Å². The second-order valence-electron chi connectivity index (χ2n) is 5.90. The van der Waals surface area contributed by atoms with Crippen LogP contribution in [-0.2, 0) is 12.8 Å². The molecule has 1 aromatic heterocycles. The van der Waals surface area contributed by atoms with Gasteiger partial charge in [0, 0.05) is 11.8 Å². The molecule has 0 bridgehead atoms. The second-order valence-corrected chi connectivity index (χ2v) is 5.90. The molecule has 128 valence electrons. The zero-order chi connectivity index (χ0) is 16.9. The summed E-state index contributed by atoms with van der Waals surface area (Å²) in [4.78, 5) is 3.84. The van der Waals surface area contributed by atoms with Gasteiger partial charge < -0.3 is 14.6 Å². The third kappa shape index (κ3) is 4.57. The van der Waals surface area contributed by atoms with Crippen LogP contribution in [0.3, 0.4) is 0 Å². The number of halogens is 2. The van der Waals surface area contributed by atoms with Crippen molar-refractivity contribution in [2.24, 2.45) is 5.92 Å². The predicted octanol–water partition coefficient (Wildman–Crippen LogP) is 3.96. The van der Waals surface area contributed by atoms with Gasteiger partial charge in [0.2, 0.25) is 5.88 Å². The molecule has 0 amide bonds. The average molecular weight is 335 g/mol. The SMILES string of the molecule is Oc1ncccc1CCc1ccc(OC(F)F)c(OCC2CC2)c1. The Morgan fingerprint density at radius 3 is 2.71 bits per heavy atom. The minimum Gasteiger partial charge on any atom is -0.493 e. The van der Waals surface area contributed by atoms with E-state index in [2.05, 4.69) is 9.72 Å². The Balaban J connectivity index is 1.70. The average Bonchev–Trinajstić information content (AvgIpc) is 3.37. The summed E-state index contributed by atoms with van der Waals surface area (Å²) >= 11 is 0. The number of aryl methyl sites for hydroxylation is 2. The van der Waals surface area contributed by atoms with Crippen LogP contribution in [0.25, 0.3) is 0 Å². The molecular formula is C18H19F2NO3. The summed E-state index contributed by atoms with van der Waals surface area (Å²) in [6.07, 6.45) is 4.99. The lowest BCUT2D eigenvalue weighted by Crippen LogP contribution is -2.06. The zero-order valence-electron chi connectivity index (χ0n) is 13.1. The van der Waals surface area contributed by atoms with Crippen molar-refractivity contribution >= 4 is 0 Å². The molecule has 6 heteroatoms. The highest BCUT2D eigenvalue weighted by Crippen LogP contribution is 2.34. The van der Waals surface area contributed by atoms with Gasteiger partial charge in [0.05, 0.1) is 6.61 Å². The lowest BCUT2D eigenvalue weighted by atomic mass is 10.0. The molecule has 1 aliphatic carbocycles. The molecule has 0 saturated heterocycles. The fourth-order valence-corrected chi connectivity index (χ4v) is 2.41. The summed E-state index contributed by atoms with van der Waals surface area (Å²) in [6, 6.07) is 8.54. The number of benzene rings is 1. The molecule has 0 atom stereocenters. The van der Waals surface area contributed by atoms with Crippen molar-refractivity contribution in [3.05, 3.63) is 47.7 Å². The normalized spacial score (nSPS) is 14.0. The van der Waals surface area contributed by atoms with Gasteiger partial charge in [-0.3, -0.25) is 0 Å². The van der Waals surface area contributed by atoms with E-state index in [-0.39, 0.29) is 11.6 Å². The standard InChI is InChI=1S/C18H19F2NO3/c19-18(20)24-15-8-6-12(10-16(15)23-11-13-3-4-13)5-7-14-2-1-9-21-17(14)22/h1-2,6,8-10,13,18H,3-5,7,11H2,(H,21,22). The Bertz CT molecular complexity index is 690. The van der Waals surface area contributed by atoms with Gasteiger partial charge in [0.15, 0.2) is 11.5 Å². The van der Waals surface area contributed by atoms with Gasteiger partial charge in [-0.1, -0.05) is 12.1 Å². The third-order valence-electron chi connectivity index (χ3n) is 3.95. The van der Waals surface area contributed by atoms with Crippen molar-refractivity contribution in [1.29, 1.82) is 0 Å². The monoisotopic (exact) mass is 335 g/mol. The first-order valence-corrected chi connectivity index (χ1v) is 7.95. The molecule has 1 fully saturated rings. The summed E-state index contributed by atoms with van der Waals surface area (Å²) < 4.78 is 35.2. The van der Waals surface area contributed by atoms with E-state index in [4.69, 9.17) is 4.74 Å². The van der Waals surface area contributed by atoms with E-state index >= 15 is 0 Å². The van der Waals surface area contributed by atoms with Crippen LogP contribution in [0.15, 0.2) is 36.5 Å². The number of aromatic hydroxyl groups is 1. The van der Waals surface area contributed by atoms with E-state index in [1.807, 2.05) is 0 Å². The molecule has 0 unspecified atom stereocenters. The number of rotatable bonds is 8. The number of aromatic nitrogens is 1. The van der Waals surface area contributed by atoms with Crippen LogP contribution in [0.5, 0.6) is 17.4 Å². The molecule has 2 aromatic rings. The Hall–Kier alpha value is -2.37. The smallest absolute Gasteiger partial charge is 0.387 e. The highest BCUT2D eigenvalue weighted by atomic mass is 19.3. The first kappa shape index (κ1) is 16.5. The number of ether oxygens (including phenoxy) is 2. The lowest BCUT2D eigenvalue weighted by Gasteiger charge is -2.13. The molecule has 3 rings (SSSR count). The molecule has 4 nitrogen and oxygen atoms in total. The lowest BCUT2D eigenvalue weighted by molar-refractivity contribution is -0.0515. The van der Waals surface area contributed by atoms with E-state index in [9.17, 15) is 13.9 Å². The van der Waals surface area contributed by atoms with Gasteiger partial charge in [-0.15, -0.1) is 0 Å². The number of nitrogens with zero attached hydrogens (tertiary/aromatic N) is 1. The van der Waals surface area contributed by atoms with Crippen molar-refractivity contribution in [1.82, 2.24) is 4.98 Å². The van der Waals surface area contributed by atoms with E-state index in [0.717, 1.165) is 24.0 Å². The topological polar surface area (TPSA) is 51.6 Å². The summed E-state index contributed by atoms with van der Waals surface area (Å²) in [5, 5.41) is 9.70. The molecule has 0 radical (unpaired) electrons. The maximum Gasteiger partial charge on any atom is 0.387 e. The first-order valence-electron chi connectivity index (χ1n) is 7.95. The summed E-state index contributed by atoms with van der Waals surface area (Å²) in [6.45, 7) is -2.36. The number of hydrogen-bond donors (Lipinski definition) is 1. The first-order chi connectivity index (χ1) is 11.6. The van der Waals surface area contributed by atoms with Crippen molar-refractivity contribution in [2.75, 3.05) is 6.61 Å². The van der Waals surface area contributed by atoms with Crippen molar-refractivity contribution in [3.8, 4) is 17.4 Å². The molecule has 1 aromatic carbocycles. The largest absolute Gasteiger partial charge is 0.493 e. The van der Waals surface area contributed by atoms with Gasteiger partial charge in [0.1, 0.15) is 0 Å². The number of alkyl halides is 2. The van der Waals surface area contributed by atoms with Gasteiger partial charge in [0.25, 0.3) is 0 Å². The van der Waals surface area contributed by atoms with E-state index in [1.165, 1.54) is 12.3 Å². The van der Waals surface area contributed by atoms with E-state index < -0.39 is 6.61 Å². The van der Waals surface area contributed by atoms with E-state index in [0.29, 0.717) is 31.1 Å². The van der Waals surface area contributed by atoms with Crippen LogP contribution in [0.4, 0.5) is 8.78 Å². The van der Waals surface area contributed by atoms with Crippen molar-refractivity contribution < 1.29 is 23.4 Å². The number of hydrogen-bond acceptors (Lipinski definition) is 4. The molecule has 1 N–H and O–H groups in total. The van der Waals surface area contributed by atoms with Crippen molar-refractivity contribution in [3.63, 3.8) is 0 Å². The van der Waals surface area contributed by atoms with Gasteiger partial charge in [-0.05, 0) is 55.4 Å². The fraction of sp³-hybridized carbons (Fsp3) is 0.389. The van der Waals surface area contributed by atoms with Crippen LogP contribution < -0.4 is 9.47 Å². The van der Waals surface area contributed by atoms with Crippen molar-refractivity contribution in [2.45, 2.75) is 32.3 Å². The predicted molar refractivity (Wildman–Crippen MR) is 84.6 cm³/mol. The van der Waals surface area contributed by atoms with Gasteiger partial charge >= 0.3 is 6.61 Å². The summed E-state index contributed by atoms with van der Waals surface area (Å²) in [5.41, 5.74) is 1.66. The van der Waals surface area contributed by atoms with Crippen LogP contribution in [-0.4, -0.2) is 23.3 Å². The minimum atomic E-state index is -2.88. The summed E-state index contributed by atoms with van der Waals surface area (Å²) in [7, 11) is 0. The summed E-state index contributed by atoms with van der Waals surface area (Å²) in [5.74, 6) is 0.925. The highest BCUT2D eigenvalue weighted by Gasteiger charge is 2.23. The zero-order valence-corrected chi connectivity index (χ0v) is 13.1. The quantitative estimate of drug-likeness (QED) is 0.793. The Kier molecular flexibility index (Phi) is 5.13. The molecule has 24 heavy (non-hydrogen) atoms. The highest BCUT2D eigenvalue weighted by molar-refractivity contribution is 5.43. The molecule has 0 aliphatic heterocycles. The minimum absolute atomic E-state index is 0.0142. The Labute approximate surface area is 139 Å². The van der Waals surface area contributed by atoms with E-state index in [1.54, 1.807) is 24.3 Å². The maximum atomic E-state index is 12.5. The molecular weight excluding hydrogens is 316 g/mol. The second kappa shape index (κ2) is 7.47. The molecule has 1 heterocycles. The van der Waals surface area contributed by atoms with Gasteiger partial charge in [-0.25, -0.2) is 4.98 Å². The van der Waals surface area contributed by atoms with Crippen LogP contribution in [0, 0.1) is 5.92 Å². The van der Waals surface area contributed by atoms with Gasteiger partial charge in [-0.2, -0.15) is 8.78 Å². The van der Waals surface area contributed by atoms with Crippen LogP contribution in [0.2, 0.25) is 0 Å².